The molecule has 3 N–H and O–H groups in total. The Balaban J connectivity index is 1.66. The molecule has 0 saturated heterocycles. The van der Waals surface area contributed by atoms with Gasteiger partial charge in [0.2, 0.25) is 11.0 Å². The molecule has 1 aromatic heterocycles. The molecule has 2 aromatic rings. The molecule has 1 aromatic carbocycles. The standard InChI is InChI=1S/C17H22N4O3S2/c1-10(2)15(19-14(22)9-25-17-21-20-16(18)26-17)11-4-5-12-13(8-11)24-7-3-6-23-12/h4-5,8,10,15H,3,6-7,9H2,1-2H3,(H2,18,20)(H,19,22)/t15-/m1/s1. The lowest BCUT2D eigenvalue weighted by Gasteiger charge is -2.23. The number of nitrogen functional groups attached to an aromatic ring is 1. The van der Waals surface area contributed by atoms with E-state index in [0.717, 1.165) is 23.5 Å². The number of amides is 1. The molecule has 140 valence electrons. The average molecular weight is 395 g/mol. The number of benzene rings is 1. The number of carbonyl (C=O) groups is 1. The van der Waals surface area contributed by atoms with E-state index in [0.29, 0.717) is 22.7 Å². The van der Waals surface area contributed by atoms with Crippen LogP contribution in [0.4, 0.5) is 5.13 Å². The van der Waals surface area contributed by atoms with E-state index in [2.05, 4.69) is 29.4 Å². The number of nitrogens with two attached hydrogens (primary N) is 1. The van der Waals surface area contributed by atoms with Crippen LogP contribution in [0.15, 0.2) is 22.5 Å². The van der Waals surface area contributed by atoms with Crippen molar-refractivity contribution in [3.8, 4) is 11.5 Å². The zero-order valence-corrected chi connectivity index (χ0v) is 16.4. The van der Waals surface area contributed by atoms with Crippen LogP contribution in [-0.4, -0.2) is 35.1 Å². The fourth-order valence-electron chi connectivity index (χ4n) is 2.63. The van der Waals surface area contributed by atoms with E-state index in [4.69, 9.17) is 15.2 Å². The highest BCUT2D eigenvalue weighted by atomic mass is 32.2. The Morgan fingerprint density at radius 1 is 1.31 bits per heavy atom. The fourth-order valence-corrected chi connectivity index (χ4v) is 4.08. The van der Waals surface area contributed by atoms with Crippen LogP contribution in [0.2, 0.25) is 0 Å². The van der Waals surface area contributed by atoms with Gasteiger partial charge in [0, 0.05) is 6.42 Å². The lowest BCUT2D eigenvalue weighted by atomic mass is 9.95. The highest BCUT2D eigenvalue weighted by Gasteiger charge is 2.21. The maximum Gasteiger partial charge on any atom is 0.230 e. The molecular formula is C17H22N4O3S2. The predicted molar refractivity (Wildman–Crippen MR) is 103 cm³/mol. The third-order valence-corrected chi connectivity index (χ3v) is 5.75. The average Bonchev–Trinajstić information content (AvgIpc) is 2.89. The summed E-state index contributed by atoms with van der Waals surface area (Å²) >= 11 is 2.61. The van der Waals surface area contributed by atoms with Gasteiger partial charge in [0.1, 0.15) is 0 Å². The van der Waals surface area contributed by atoms with Gasteiger partial charge < -0.3 is 20.5 Å². The zero-order valence-electron chi connectivity index (χ0n) is 14.7. The Labute approximate surface area is 160 Å². The molecule has 0 fully saturated rings. The van der Waals surface area contributed by atoms with Crippen molar-refractivity contribution in [3.63, 3.8) is 0 Å². The van der Waals surface area contributed by atoms with Crippen LogP contribution in [-0.2, 0) is 4.79 Å². The molecule has 0 bridgehead atoms. The second kappa shape index (κ2) is 8.59. The summed E-state index contributed by atoms with van der Waals surface area (Å²) in [6.07, 6.45) is 0.863. The zero-order chi connectivity index (χ0) is 18.5. The maximum absolute atomic E-state index is 12.4. The van der Waals surface area contributed by atoms with Gasteiger partial charge in [-0.05, 0) is 23.6 Å². The summed E-state index contributed by atoms with van der Waals surface area (Å²) in [7, 11) is 0. The molecule has 1 aliphatic heterocycles. The van der Waals surface area contributed by atoms with E-state index in [1.165, 1.54) is 23.1 Å². The molecule has 9 heteroatoms. The third-order valence-electron chi connectivity index (χ3n) is 3.86. The number of carbonyl (C=O) groups excluding carboxylic acids is 1. The van der Waals surface area contributed by atoms with Crippen LogP contribution >= 0.6 is 23.1 Å². The van der Waals surface area contributed by atoms with Crippen molar-refractivity contribution >= 4 is 34.1 Å². The topological polar surface area (TPSA) is 99.4 Å². The van der Waals surface area contributed by atoms with Gasteiger partial charge in [-0.25, -0.2) is 0 Å². The molecule has 0 aliphatic carbocycles. The molecule has 1 amide bonds. The lowest BCUT2D eigenvalue weighted by molar-refractivity contribution is -0.119. The van der Waals surface area contributed by atoms with E-state index in [-0.39, 0.29) is 23.6 Å². The Morgan fingerprint density at radius 3 is 2.77 bits per heavy atom. The molecule has 0 unspecified atom stereocenters. The number of fused-ring (bicyclic) bond motifs is 1. The number of nitrogens with one attached hydrogen (secondary N) is 1. The largest absolute Gasteiger partial charge is 0.490 e. The van der Waals surface area contributed by atoms with E-state index in [9.17, 15) is 4.79 Å². The summed E-state index contributed by atoms with van der Waals surface area (Å²) in [6.45, 7) is 5.44. The summed E-state index contributed by atoms with van der Waals surface area (Å²) in [5.41, 5.74) is 6.56. The van der Waals surface area contributed by atoms with Gasteiger partial charge in [-0.1, -0.05) is 43.0 Å². The predicted octanol–water partition coefficient (Wildman–Crippen LogP) is 2.89. The van der Waals surface area contributed by atoms with Crippen LogP contribution in [0, 0.1) is 5.92 Å². The summed E-state index contributed by atoms with van der Waals surface area (Å²) < 4.78 is 12.1. The molecule has 0 saturated carbocycles. The summed E-state index contributed by atoms with van der Waals surface area (Å²) in [4.78, 5) is 12.4. The van der Waals surface area contributed by atoms with E-state index in [1.807, 2.05) is 18.2 Å². The quantitative estimate of drug-likeness (QED) is 0.727. The van der Waals surface area contributed by atoms with Crippen molar-refractivity contribution < 1.29 is 14.3 Å². The number of anilines is 1. The number of aromatic nitrogens is 2. The van der Waals surface area contributed by atoms with Crippen LogP contribution in [0.3, 0.4) is 0 Å². The van der Waals surface area contributed by atoms with Crippen LogP contribution in [0.5, 0.6) is 11.5 Å². The Kier molecular flexibility index (Phi) is 6.20. The number of hydrogen-bond acceptors (Lipinski definition) is 8. The number of thioether (sulfide) groups is 1. The van der Waals surface area contributed by atoms with Gasteiger partial charge >= 0.3 is 0 Å². The minimum atomic E-state index is -0.111. The molecule has 26 heavy (non-hydrogen) atoms. The van der Waals surface area contributed by atoms with E-state index >= 15 is 0 Å². The van der Waals surface area contributed by atoms with Gasteiger partial charge in [-0.3, -0.25) is 4.79 Å². The fraction of sp³-hybridized carbons (Fsp3) is 0.471. The first kappa shape index (κ1) is 18.8. The molecule has 3 rings (SSSR count). The maximum atomic E-state index is 12.4. The highest BCUT2D eigenvalue weighted by Crippen LogP contribution is 2.34. The monoisotopic (exact) mass is 394 g/mol. The Morgan fingerprint density at radius 2 is 2.08 bits per heavy atom. The van der Waals surface area contributed by atoms with E-state index < -0.39 is 0 Å². The van der Waals surface area contributed by atoms with Gasteiger partial charge in [0.25, 0.3) is 0 Å². The molecule has 1 aliphatic rings. The molecule has 0 spiro atoms. The minimum Gasteiger partial charge on any atom is -0.490 e. The van der Waals surface area contributed by atoms with Crippen molar-refractivity contribution in [2.45, 2.75) is 30.6 Å². The first-order valence-corrected chi connectivity index (χ1v) is 10.2. The van der Waals surface area contributed by atoms with Crippen molar-refractivity contribution in [1.82, 2.24) is 15.5 Å². The normalized spacial score (nSPS) is 14.7. The summed E-state index contributed by atoms with van der Waals surface area (Å²) in [6, 6.07) is 5.75. The number of nitrogens with zero attached hydrogens (tertiary/aromatic N) is 2. The number of hydrogen-bond donors (Lipinski definition) is 2. The SMILES string of the molecule is CC(C)[C@@H](NC(=O)CSc1nnc(N)s1)c1ccc2c(c1)OCCCO2. The molecule has 1 atom stereocenters. The molecule has 7 nitrogen and oxygen atoms in total. The van der Waals surface area contributed by atoms with Crippen LogP contribution in [0.1, 0.15) is 31.9 Å². The van der Waals surface area contributed by atoms with Crippen molar-refractivity contribution in [2.24, 2.45) is 5.92 Å². The Bertz CT molecular complexity index is 766. The van der Waals surface area contributed by atoms with Crippen molar-refractivity contribution in [2.75, 3.05) is 24.7 Å². The number of rotatable bonds is 6. The minimum absolute atomic E-state index is 0.0606. The Hall–Kier alpha value is -2.00. The third kappa shape index (κ3) is 4.79. The second-order valence-electron chi connectivity index (χ2n) is 6.24. The number of ether oxygens (including phenoxy) is 2. The van der Waals surface area contributed by atoms with Gasteiger partial charge in [-0.2, -0.15) is 0 Å². The van der Waals surface area contributed by atoms with E-state index in [1.54, 1.807) is 0 Å². The molecule has 0 radical (unpaired) electrons. The van der Waals surface area contributed by atoms with Gasteiger partial charge in [0.05, 0.1) is 25.0 Å². The van der Waals surface area contributed by atoms with Crippen LogP contribution < -0.4 is 20.5 Å². The first-order chi connectivity index (χ1) is 12.5. The van der Waals surface area contributed by atoms with Gasteiger partial charge in [0.15, 0.2) is 15.8 Å². The van der Waals surface area contributed by atoms with Gasteiger partial charge in [-0.15, -0.1) is 10.2 Å². The molecular weight excluding hydrogens is 372 g/mol. The highest BCUT2D eigenvalue weighted by molar-refractivity contribution is 8.01. The molecule has 2 heterocycles. The lowest BCUT2D eigenvalue weighted by Crippen LogP contribution is -2.33. The van der Waals surface area contributed by atoms with Crippen LogP contribution in [0.25, 0.3) is 0 Å². The van der Waals surface area contributed by atoms with Crippen molar-refractivity contribution in [3.05, 3.63) is 23.8 Å². The van der Waals surface area contributed by atoms with Crippen molar-refractivity contribution in [1.29, 1.82) is 0 Å². The first-order valence-electron chi connectivity index (χ1n) is 8.43. The summed E-state index contributed by atoms with van der Waals surface area (Å²) in [5.74, 6) is 1.92. The summed E-state index contributed by atoms with van der Waals surface area (Å²) in [5, 5.41) is 11.2. The second-order valence-corrected chi connectivity index (χ2v) is 8.47. The smallest absolute Gasteiger partial charge is 0.230 e.